The average molecular weight is 207 g/mol. The molecule has 1 aromatic rings. The number of aromatic amines is 1. The molecular formula is C12H17NO2. The Morgan fingerprint density at radius 3 is 2.93 bits per heavy atom. The van der Waals surface area contributed by atoms with Gasteiger partial charge in [-0.15, -0.1) is 0 Å². The zero-order chi connectivity index (χ0) is 10.8. The van der Waals surface area contributed by atoms with Gasteiger partial charge in [-0.2, -0.15) is 0 Å². The van der Waals surface area contributed by atoms with E-state index in [0.717, 1.165) is 29.2 Å². The number of carbonyl (C=O) groups is 1. The number of ether oxygens (including phenoxy) is 1. The maximum Gasteiger partial charge on any atom is 0.340 e. The molecule has 1 saturated carbocycles. The van der Waals surface area contributed by atoms with Crippen LogP contribution in [0, 0.1) is 12.8 Å². The van der Waals surface area contributed by atoms with Crippen molar-refractivity contribution in [2.45, 2.75) is 33.1 Å². The van der Waals surface area contributed by atoms with Gasteiger partial charge in [0.1, 0.15) is 0 Å². The van der Waals surface area contributed by atoms with E-state index in [1.54, 1.807) is 0 Å². The van der Waals surface area contributed by atoms with E-state index in [0.29, 0.717) is 6.61 Å². The Labute approximate surface area is 89.8 Å². The minimum absolute atomic E-state index is 0.188. The molecule has 0 saturated heterocycles. The summed E-state index contributed by atoms with van der Waals surface area (Å²) in [7, 11) is 0. The van der Waals surface area contributed by atoms with Crippen molar-refractivity contribution in [2.24, 2.45) is 5.92 Å². The molecule has 15 heavy (non-hydrogen) atoms. The van der Waals surface area contributed by atoms with Crippen LogP contribution in [0.2, 0.25) is 0 Å². The van der Waals surface area contributed by atoms with Gasteiger partial charge >= 0.3 is 5.97 Å². The first-order valence-corrected chi connectivity index (χ1v) is 5.56. The van der Waals surface area contributed by atoms with E-state index < -0.39 is 0 Å². The predicted molar refractivity (Wildman–Crippen MR) is 57.9 cm³/mol. The summed E-state index contributed by atoms with van der Waals surface area (Å²) < 4.78 is 5.05. The molecule has 3 nitrogen and oxygen atoms in total. The Kier molecular flexibility index (Phi) is 2.80. The third-order valence-electron chi connectivity index (χ3n) is 2.83. The molecule has 0 atom stereocenters. The Hall–Kier alpha value is -1.25. The summed E-state index contributed by atoms with van der Waals surface area (Å²) in [6, 6.07) is 0. The van der Waals surface area contributed by atoms with Crippen molar-refractivity contribution in [1.29, 1.82) is 0 Å². The van der Waals surface area contributed by atoms with E-state index in [1.165, 1.54) is 12.8 Å². The van der Waals surface area contributed by atoms with Crippen molar-refractivity contribution in [2.75, 3.05) is 6.61 Å². The Morgan fingerprint density at radius 2 is 2.33 bits per heavy atom. The highest BCUT2D eigenvalue weighted by atomic mass is 16.5. The number of nitrogens with one attached hydrogen (secondary N) is 1. The number of esters is 1. The highest BCUT2D eigenvalue weighted by molar-refractivity contribution is 5.92. The molecule has 0 radical (unpaired) electrons. The minimum atomic E-state index is -0.188. The largest absolute Gasteiger partial charge is 0.462 e. The van der Waals surface area contributed by atoms with Crippen LogP contribution < -0.4 is 0 Å². The van der Waals surface area contributed by atoms with Gasteiger partial charge in [0.15, 0.2) is 0 Å². The van der Waals surface area contributed by atoms with E-state index in [-0.39, 0.29) is 5.97 Å². The standard InChI is InChI=1S/C12H17NO2/c1-3-15-12(14)11-8(2)7-13-10(11)6-9-4-5-9/h7,9,13H,3-6H2,1-2H3. The first kappa shape index (κ1) is 10.3. The fourth-order valence-electron chi connectivity index (χ4n) is 1.84. The monoisotopic (exact) mass is 207 g/mol. The Bertz CT molecular complexity index is 364. The second-order valence-corrected chi connectivity index (χ2v) is 4.19. The number of aryl methyl sites for hydroxylation is 1. The maximum absolute atomic E-state index is 11.7. The van der Waals surface area contributed by atoms with Crippen LogP contribution >= 0.6 is 0 Å². The van der Waals surface area contributed by atoms with Gasteiger partial charge < -0.3 is 9.72 Å². The topological polar surface area (TPSA) is 42.1 Å². The van der Waals surface area contributed by atoms with Gasteiger partial charge in [0.25, 0.3) is 0 Å². The van der Waals surface area contributed by atoms with Crippen molar-refractivity contribution in [1.82, 2.24) is 4.98 Å². The predicted octanol–water partition coefficient (Wildman–Crippen LogP) is 2.45. The van der Waals surface area contributed by atoms with Crippen LogP contribution in [0.4, 0.5) is 0 Å². The molecule has 2 rings (SSSR count). The second-order valence-electron chi connectivity index (χ2n) is 4.19. The lowest BCUT2D eigenvalue weighted by atomic mass is 10.1. The van der Waals surface area contributed by atoms with Crippen LogP contribution in [-0.4, -0.2) is 17.6 Å². The van der Waals surface area contributed by atoms with E-state index in [4.69, 9.17) is 4.74 Å². The number of carbonyl (C=O) groups excluding carboxylic acids is 1. The molecule has 0 unspecified atom stereocenters. The number of hydrogen-bond acceptors (Lipinski definition) is 2. The highest BCUT2D eigenvalue weighted by Crippen LogP contribution is 2.33. The first-order chi connectivity index (χ1) is 7.22. The molecule has 0 bridgehead atoms. The molecule has 0 aliphatic heterocycles. The molecule has 0 spiro atoms. The average Bonchev–Trinajstić information content (AvgIpc) is 2.91. The summed E-state index contributed by atoms with van der Waals surface area (Å²) in [6.45, 7) is 4.21. The third-order valence-corrected chi connectivity index (χ3v) is 2.83. The van der Waals surface area contributed by atoms with Gasteiger partial charge in [-0.05, 0) is 44.6 Å². The molecule has 0 aromatic carbocycles. The van der Waals surface area contributed by atoms with Gasteiger partial charge in [0.05, 0.1) is 12.2 Å². The van der Waals surface area contributed by atoms with Crippen LogP contribution in [0.3, 0.4) is 0 Å². The smallest absolute Gasteiger partial charge is 0.340 e. The van der Waals surface area contributed by atoms with Crippen molar-refractivity contribution in [3.63, 3.8) is 0 Å². The third kappa shape index (κ3) is 2.22. The quantitative estimate of drug-likeness (QED) is 0.770. The summed E-state index contributed by atoms with van der Waals surface area (Å²) in [6.07, 6.45) is 5.46. The van der Waals surface area contributed by atoms with Crippen molar-refractivity contribution < 1.29 is 9.53 Å². The lowest BCUT2D eigenvalue weighted by molar-refractivity contribution is 0.0524. The van der Waals surface area contributed by atoms with Crippen molar-refractivity contribution in [3.05, 3.63) is 23.0 Å². The minimum Gasteiger partial charge on any atom is -0.462 e. The number of rotatable bonds is 4. The van der Waals surface area contributed by atoms with Crippen molar-refractivity contribution >= 4 is 5.97 Å². The van der Waals surface area contributed by atoms with Gasteiger partial charge in [0.2, 0.25) is 0 Å². The molecule has 82 valence electrons. The lowest BCUT2D eigenvalue weighted by Gasteiger charge is -2.04. The van der Waals surface area contributed by atoms with E-state index in [2.05, 4.69) is 4.98 Å². The zero-order valence-electron chi connectivity index (χ0n) is 9.30. The van der Waals surface area contributed by atoms with E-state index >= 15 is 0 Å². The van der Waals surface area contributed by atoms with Crippen LogP contribution in [0.15, 0.2) is 6.20 Å². The van der Waals surface area contributed by atoms with Crippen LogP contribution in [0.25, 0.3) is 0 Å². The normalized spacial score (nSPS) is 15.3. The Balaban J connectivity index is 2.18. The molecule has 1 aliphatic rings. The van der Waals surface area contributed by atoms with Gasteiger partial charge in [-0.25, -0.2) is 4.79 Å². The summed E-state index contributed by atoms with van der Waals surface area (Å²) in [5, 5.41) is 0. The Morgan fingerprint density at radius 1 is 1.60 bits per heavy atom. The van der Waals surface area contributed by atoms with Crippen molar-refractivity contribution in [3.8, 4) is 0 Å². The van der Waals surface area contributed by atoms with Crippen LogP contribution in [0.5, 0.6) is 0 Å². The van der Waals surface area contributed by atoms with Gasteiger partial charge in [-0.1, -0.05) is 0 Å². The van der Waals surface area contributed by atoms with Gasteiger partial charge in [0, 0.05) is 11.9 Å². The summed E-state index contributed by atoms with van der Waals surface area (Å²) >= 11 is 0. The SMILES string of the molecule is CCOC(=O)c1c(C)c[nH]c1CC1CC1. The molecule has 1 aliphatic carbocycles. The maximum atomic E-state index is 11.7. The van der Waals surface area contributed by atoms with E-state index in [1.807, 2.05) is 20.0 Å². The summed E-state index contributed by atoms with van der Waals surface area (Å²) in [5.41, 5.74) is 2.79. The highest BCUT2D eigenvalue weighted by Gasteiger charge is 2.26. The molecule has 1 heterocycles. The summed E-state index contributed by atoms with van der Waals surface area (Å²) in [5.74, 6) is 0.586. The zero-order valence-corrected chi connectivity index (χ0v) is 9.30. The number of hydrogen-bond donors (Lipinski definition) is 1. The lowest BCUT2D eigenvalue weighted by Crippen LogP contribution is -2.08. The summed E-state index contributed by atoms with van der Waals surface area (Å²) in [4.78, 5) is 14.9. The number of aromatic nitrogens is 1. The van der Waals surface area contributed by atoms with Crippen LogP contribution in [0.1, 0.15) is 41.4 Å². The fraction of sp³-hybridized carbons (Fsp3) is 0.583. The fourth-order valence-corrected chi connectivity index (χ4v) is 1.84. The molecule has 3 heteroatoms. The second kappa shape index (κ2) is 4.09. The molecule has 1 N–H and O–H groups in total. The number of H-pyrrole nitrogens is 1. The molecular weight excluding hydrogens is 190 g/mol. The first-order valence-electron chi connectivity index (χ1n) is 5.56. The van der Waals surface area contributed by atoms with Crippen LogP contribution in [-0.2, 0) is 11.2 Å². The molecule has 1 fully saturated rings. The molecule has 1 aromatic heterocycles. The van der Waals surface area contributed by atoms with Gasteiger partial charge in [-0.3, -0.25) is 0 Å². The van der Waals surface area contributed by atoms with E-state index in [9.17, 15) is 4.79 Å². The molecule has 0 amide bonds.